The van der Waals surface area contributed by atoms with Gasteiger partial charge in [0, 0.05) is 11.9 Å². The van der Waals surface area contributed by atoms with Gasteiger partial charge in [-0.1, -0.05) is 6.92 Å². The standard InChI is InChI=1S/C17H26N2O4S/c1-5-14-19-13(10-24-14)15(20)22-12-7-6-11(8-12)9-18-16(21)23-17(2,3)4/h10-12H,5-9H2,1-4H3,(H,18,21). The minimum Gasteiger partial charge on any atom is -0.458 e. The Morgan fingerprint density at radius 2 is 2.12 bits per heavy atom. The van der Waals surface area contributed by atoms with Crippen LogP contribution in [0.5, 0.6) is 0 Å². The fourth-order valence-corrected chi connectivity index (χ4v) is 3.36. The summed E-state index contributed by atoms with van der Waals surface area (Å²) in [6.07, 6.45) is 2.81. The van der Waals surface area contributed by atoms with E-state index in [-0.39, 0.29) is 12.1 Å². The zero-order valence-corrected chi connectivity index (χ0v) is 15.6. The molecule has 2 rings (SSSR count). The summed E-state index contributed by atoms with van der Waals surface area (Å²) in [7, 11) is 0. The molecule has 6 nitrogen and oxygen atoms in total. The van der Waals surface area contributed by atoms with E-state index >= 15 is 0 Å². The molecule has 0 aromatic carbocycles. The quantitative estimate of drug-likeness (QED) is 0.818. The van der Waals surface area contributed by atoms with E-state index in [0.717, 1.165) is 30.7 Å². The molecule has 0 saturated heterocycles. The normalized spacial score (nSPS) is 20.7. The van der Waals surface area contributed by atoms with Gasteiger partial charge in [0.25, 0.3) is 0 Å². The molecule has 134 valence electrons. The second-order valence-electron chi connectivity index (χ2n) is 7.07. The Hall–Kier alpha value is -1.63. The minimum atomic E-state index is -0.497. The summed E-state index contributed by atoms with van der Waals surface area (Å²) in [5, 5.41) is 5.47. The number of amides is 1. The Bertz CT molecular complexity index is 579. The van der Waals surface area contributed by atoms with Crippen LogP contribution in [-0.4, -0.2) is 35.3 Å². The van der Waals surface area contributed by atoms with Gasteiger partial charge in [0.15, 0.2) is 5.69 Å². The van der Waals surface area contributed by atoms with Gasteiger partial charge in [-0.2, -0.15) is 0 Å². The van der Waals surface area contributed by atoms with Gasteiger partial charge in [-0.3, -0.25) is 0 Å². The Morgan fingerprint density at radius 3 is 2.75 bits per heavy atom. The summed E-state index contributed by atoms with van der Waals surface area (Å²) in [5.74, 6) is -0.0475. The third kappa shape index (κ3) is 5.78. The van der Waals surface area contributed by atoms with Gasteiger partial charge in [0.05, 0.1) is 5.01 Å². The summed E-state index contributed by atoms with van der Waals surface area (Å²) >= 11 is 1.48. The molecular formula is C17H26N2O4S. The highest BCUT2D eigenvalue weighted by Crippen LogP contribution is 2.28. The molecule has 1 heterocycles. The van der Waals surface area contributed by atoms with Crippen molar-refractivity contribution in [2.24, 2.45) is 5.92 Å². The molecular weight excluding hydrogens is 328 g/mol. The lowest BCUT2D eigenvalue weighted by Gasteiger charge is -2.20. The number of ether oxygens (including phenoxy) is 2. The maximum Gasteiger partial charge on any atom is 0.407 e. The van der Waals surface area contributed by atoms with Crippen molar-refractivity contribution in [2.75, 3.05) is 6.54 Å². The number of alkyl carbamates (subject to hydrolysis) is 1. The molecule has 1 aromatic heterocycles. The Labute approximate surface area is 146 Å². The van der Waals surface area contributed by atoms with Crippen LogP contribution in [0.1, 0.15) is 62.5 Å². The molecule has 2 atom stereocenters. The van der Waals surface area contributed by atoms with Crippen LogP contribution in [0.2, 0.25) is 0 Å². The van der Waals surface area contributed by atoms with Gasteiger partial charge in [-0.05, 0) is 52.4 Å². The van der Waals surface area contributed by atoms with E-state index in [1.54, 1.807) is 5.38 Å². The average Bonchev–Trinajstić information content (AvgIpc) is 3.12. The molecule has 1 amide bonds. The van der Waals surface area contributed by atoms with Crippen LogP contribution in [0.4, 0.5) is 4.79 Å². The number of thiazole rings is 1. The zero-order chi connectivity index (χ0) is 17.7. The minimum absolute atomic E-state index is 0.102. The van der Waals surface area contributed by atoms with E-state index in [4.69, 9.17) is 9.47 Å². The highest BCUT2D eigenvalue weighted by Gasteiger charge is 2.29. The van der Waals surface area contributed by atoms with Crippen molar-refractivity contribution in [3.8, 4) is 0 Å². The first-order chi connectivity index (χ1) is 11.3. The Morgan fingerprint density at radius 1 is 1.38 bits per heavy atom. The number of hydrogen-bond acceptors (Lipinski definition) is 6. The molecule has 1 aliphatic carbocycles. The van der Waals surface area contributed by atoms with E-state index < -0.39 is 11.7 Å². The van der Waals surface area contributed by atoms with Crippen LogP contribution in [0.15, 0.2) is 5.38 Å². The Balaban J connectivity index is 1.73. The lowest BCUT2D eigenvalue weighted by atomic mass is 10.1. The predicted octanol–water partition coefficient (Wildman–Crippen LogP) is 3.56. The van der Waals surface area contributed by atoms with E-state index in [1.165, 1.54) is 11.3 Å². The number of carbonyl (C=O) groups is 2. The number of aromatic nitrogens is 1. The summed E-state index contributed by atoms with van der Waals surface area (Å²) in [4.78, 5) is 28.0. The maximum absolute atomic E-state index is 12.1. The largest absolute Gasteiger partial charge is 0.458 e. The Kier molecular flexibility index (Phi) is 6.21. The third-order valence-electron chi connectivity index (χ3n) is 3.76. The van der Waals surface area contributed by atoms with Crippen LogP contribution in [0.25, 0.3) is 0 Å². The van der Waals surface area contributed by atoms with E-state index in [2.05, 4.69) is 10.3 Å². The van der Waals surface area contributed by atoms with Crippen molar-refractivity contribution in [1.82, 2.24) is 10.3 Å². The van der Waals surface area contributed by atoms with E-state index in [0.29, 0.717) is 18.2 Å². The fraction of sp³-hybridized carbons (Fsp3) is 0.706. The molecule has 0 bridgehead atoms. The number of nitrogens with one attached hydrogen (secondary N) is 1. The summed E-state index contributed by atoms with van der Waals surface area (Å²) in [6.45, 7) is 8.05. The second kappa shape index (κ2) is 7.96. The van der Waals surface area contributed by atoms with E-state index in [9.17, 15) is 9.59 Å². The first-order valence-electron chi connectivity index (χ1n) is 8.39. The third-order valence-corrected chi connectivity index (χ3v) is 4.76. The highest BCUT2D eigenvalue weighted by atomic mass is 32.1. The van der Waals surface area contributed by atoms with Crippen LogP contribution in [0, 0.1) is 5.92 Å². The maximum atomic E-state index is 12.1. The smallest absolute Gasteiger partial charge is 0.407 e. The number of hydrogen-bond donors (Lipinski definition) is 1. The van der Waals surface area contributed by atoms with Gasteiger partial charge in [-0.15, -0.1) is 11.3 Å². The molecule has 24 heavy (non-hydrogen) atoms. The molecule has 7 heteroatoms. The van der Waals surface area contributed by atoms with Crippen molar-refractivity contribution < 1.29 is 19.1 Å². The topological polar surface area (TPSA) is 77.5 Å². The first-order valence-corrected chi connectivity index (χ1v) is 9.27. The van der Waals surface area contributed by atoms with Crippen molar-refractivity contribution in [3.63, 3.8) is 0 Å². The van der Waals surface area contributed by atoms with Gasteiger partial charge in [0.1, 0.15) is 11.7 Å². The summed E-state index contributed by atoms with van der Waals surface area (Å²) < 4.78 is 10.8. The summed E-state index contributed by atoms with van der Waals surface area (Å²) in [6, 6.07) is 0. The molecule has 1 N–H and O–H groups in total. The molecule has 2 unspecified atom stereocenters. The SMILES string of the molecule is CCc1nc(C(=O)OC2CCC(CNC(=O)OC(C)(C)C)C2)cs1. The lowest BCUT2D eigenvalue weighted by Crippen LogP contribution is -2.35. The average molecular weight is 354 g/mol. The van der Waals surface area contributed by atoms with Crippen LogP contribution in [-0.2, 0) is 15.9 Å². The predicted molar refractivity (Wildman–Crippen MR) is 92.3 cm³/mol. The number of esters is 1. The number of rotatable bonds is 5. The van der Waals surface area contributed by atoms with Crippen molar-refractivity contribution in [3.05, 3.63) is 16.1 Å². The molecule has 0 aliphatic heterocycles. The number of carbonyl (C=O) groups excluding carboxylic acids is 2. The van der Waals surface area contributed by atoms with Crippen LogP contribution in [0.3, 0.4) is 0 Å². The van der Waals surface area contributed by atoms with E-state index in [1.807, 2.05) is 27.7 Å². The van der Waals surface area contributed by atoms with Crippen LogP contribution >= 0.6 is 11.3 Å². The monoisotopic (exact) mass is 354 g/mol. The number of aryl methyl sites for hydroxylation is 1. The molecule has 0 spiro atoms. The zero-order valence-electron chi connectivity index (χ0n) is 14.8. The molecule has 1 saturated carbocycles. The summed E-state index contributed by atoms with van der Waals surface area (Å²) in [5.41, 5.74) is -0.102. The molecule has 0 radical (unpaired) electrons. The van der Waals surface area contributed by atoms with Crippen molar-refractivity contribution >= 4 is 23.4 Å². The second-order valence-corrected chi connectivity index (χ2v) is 8.01. The first kappa shape index (κ1) is 18.7. The van der Waals surface area contributed by atoms with Gasteiger partial charge >= 0.3 is 12.1 Å². The molecule has 1 aliphatic rings. The number of nitrogens with zero attached hydrogens (tertiary/aromatic N) is 1. The lowest BCUT2D eigenvalue weighted by molar-refractivity contribution is 0.0298. The van der Waals surface area contributed by atoms with Crippen LogP contribution < -0.4 is 5.32 Å². The fourth-order valence-electron chi connectivity index (χ4n) is 2.64. The molecule has 1 aromatic rings. The van der Waals surface area contributed by atoms with Crippen molar-refractivity contribution in [1.29, 1.82) is 0 Å². The van der Waals surface area contributed by atoms with Gasteiger partial charge in [-0.25, -0.2) is 14.6 Å². The highest BCUT2D eigenvalue weighted by molar-refractivity contribution is 7.09. The van der Waals surface area contributed by atoms with Crippen molar-refractivity contribution in [2.45, 2.75) is 65.1 Å². The molecule has 1 fully saturated rings. The van der Waals surface area contributed by atoms with Gasteiger partial charge in [0.2, 0.25) is 0 Å². The van der Waals surface area contributed by atoms with Gasteiger partial charge < -0.3 is 14.8 Å².